The summed E-state index contributed by atoms with van der Waals surface area (Å²) in [6, 6.07) is 26.1. The summed E-state index contributed by atoms with van der Waals surface area (Å²) >= 11 is 0. The van der Waals surface area contributed by atoms with Gasteiger partial charge in [0.1, 0.15) is 0 Å². The maximum Gasteiger partial charge on any atom is 0.338 e. The van der Waals surface area contributed by atoms with Crippen molar-refractivity contribution in [2.75, 3.05) is 11.5 Å². The van der Waals surface area contributed by atoms with Gasteiger partial charge < -0.3 is 9.64 Å². The van der Waals surface area contributed by atoms with Crippen LogP contribution in [0.4, 0.5) is 11.4 Å². The Morgan fingerprint density at radius 1 is 1.00 bits per heavy atom. The number of allylic oxidation sites excluding steroid dienone is 1. The van der Waals surface area contributed by atoms with E-state index in [0.717, 1.165) is 29.1 Å². The molecule has 0 bridgehead atoms. The second kappa shape index (κ2) is 7.99. The first-order chi connectivity index (χ1) is 13.8. The molecule has 138 valence electrons. The minimum absolute atomic E-state index is 0.312. The van der Waals surface area contributed by atoms with E-state index in [9.17, 15) is 4.79 Å². The number of benzene rings is 3. The van der Waals surface area contributed by atoms with Gasteiger partial charge in [0.25, 0.3) is 0 Å². The number of ether oxygens (including phenoxy) is 1. The van der Waals surface area contributed by atoms with Gasteiger partial charge in [-0.05, 0) is 42.8 Å². The van der Waals surface area contributed by atoms with Crippen LogP contribution in [0, 0.1) is 0 Å². The first-order valence-corrected chi connectivity index (χ1v) is 9.43. The maximum atomic E-state index is 12.3. The summed E-state index contributed by atoms with van der Waals surface area (Å²) in [6.45, 7) is 2.17. The highest BCUT2D eigenvalue weighted by molar-refractivity contribution is 5.94. The van der Waals surface area contributed by atoms with E-state index >= 15 is 0 Å². The van der Waals surface area contributed by atoms with Gasteiger partial charge in [-0.3, -0.25) is 0 Å². The van der Waals surface area contributed by atoms with E-state index in [4.69, 9.17) is 4.74 Å². The van der Waals surface area contributed by atoms with Crippen molar-refractivity contribution in [2.45, 2.75) is 13.3 Å². The lowest BCUT2D eigenvalue weighted by atomic mass is 10.1. The van der Waals surface area contributed by atoms with Crippen molar-refractivity contribution in [3.8, 4) is 0 Å². The van der Waals surface area contributed by atoms with E-state index in [2.05, 4.69) is 41.0 Å². The van der Waals surface area contributed by atoms with Crippen LogP contribution < -0.4 is 4.90 Å². The van der Waals surface area contributed by atoms with Crippen molar-refractivity contribution in [2.24, 2.45) is 0 Å². The Kier molecular flexibility index (Phi) is 5.09. The van der Waals surface area contributed by atoms with Gasteiger partial charge in [-0.15, -0.1) is 0 Å². The third-order valence-corrected chi connectivity index (χ3v) is 4.68. The molecular formula is C25H21NO2. The van der Waals surface area contributed by atoms with Crippen molar-refractivity contribution in [1.29, 1.82) is 0 Å². The van der Waals surface area contributed by atoms with Crippen LogP contribution in [0.5, 0.6) is 0 Å². The monoisotopic (exact) mass is 367 g/mol. The Morgan fingerprint density at radius 2 is 1.79 bits per heavy atom. The molecule has 0 amide bonds. The molecule has 3 heteroatoms. The van der Waals surface area contributed by atoms with Crippen molar-refractivity contribution in [1.82, 2.24) is 0 Å². The molecule has 1 aliphatic heterocycles. The Bertz CT molecular complexity index is 1060. The van der Waals surface area contributed by atoms with Crippen LogP contribution >= 0.6 is 0 Å². The predicted octanol–water partition coefficient (Wildman–Crippen LogP) is 5.75. The highest BCUT2D eigenvalue weighted by Crippen LogP contribution is 2.38. The Hall–Kier alpha value is -3.55. The Morgan fingerprint density at radius 3 is 2.61 bits per heavy atom. The molecule has 28 heavy (non-hydrogen) atoms. The standard InChI is InChI=1S/C25H21NO2/c1-2-28-25(27)21-14-8-15-22(18-21)26-23-16-7-6-12-20(23)13-9-17-24(26)19-10-4-3-5-11-19/h3-12,14-16,18H,2,13H2,1H3. The zero-order valence-corrected chi connectivity index (χ0v) is 15.8. The summed E-state index contributed by atoms with van der Waals surface area (Å²) in [5.74, 6) is -0.312. The van der Waals surface area contributed by atoms with Gasteiger partial charge in [0.15, 0.2) is 0 Å². The molecule has 0 unspecified atom stereocenters. The van der Waals surface area contributed by atoms with Gasteiger partial charge in [-0.1, -0.05) is 60.3 Å². The van der Waals surface area contributed by atoms with Gasteiger partial charge >= 0.3 is 5.97 Å². The zero-order valence-electron chi connectivity index (χ0n) is 15.8. The zero-order chi connectivity index (χ0) is 19.3. The third-order valence-electron chi connectivity index (χ3n) is 4.68. The topological polar surface area (TPSA) is 29.5 Å². The number of para-hydroxylation sites is 1. The van der Waals surface area contributed by atoms with Gasteiger partial charge in [-0.25, -0.2) is 4.79 Å². The lowest BCUT2D eigenvalue weighted by Crippen LogP contribution is -2.16. The summed E-state index contributed by atoms with van der Waals surface area (Å²) in [6.07, 6.45) is 2.87. The van der Waals surface area contributed by atoms with E-state index in [1.54, 1.807) is 6.07 Å². The molecule has 0 aromatic heterocycles. The molecule has 1 heterocycles. The number of rotatable bonds is 4. The molecule has 3 aromatic carbocycles. The molecule has 3 aromatic rings. The number of carbonyl (C=O) groups is 1. The number of carbonyl (C=O) groups excluding carboxylic acids is 1. The van der Waals surface area contributed by atoms with Crippen LogP contribution in [-0.2, 0) is 11.2 Å². The minimum atomic E-state index is -0.312. The molecule has 4 rings (SSSR count). The smallest absolute Gasteiger partial charge is 0.338 e. The van der Waals surface area contributed by atoms with Crippen LogP contribution in [0.15, 0.2) is 90.7 Å². The molecule has 3 nitrogen and oxygen atoms in total. The lowest BCUT2D eigenvalue weighted by molar-refractivity contribution is 0.0526. The van der Waals surface area contributed by atoms with E-state index in [-0.39, 0.29) is 5.97 Å². The first-order valence-electron chi connectivity index (χ1n) is 9.43. The maximum absolute atomic E-state index is 12.3. The highest BCUT2D eigenvalue weighted by Gasteiger charge is 2.21. The molecule has 0 N–H and O–H groups in total. The Balaban J connectivity index is 1.89. The van der Waals surface area contributed by atoms with Gasteiger partial charge in [0, 0.05) is 17.7 Å². The number of hydrogen-bond acceptors (Lipinski definition) is 3. The SMILES string of the molecule is CCOC(=O)c1cccc(N2C(c3ccccc3)=C=CCc3ccccc32)c1. The van der Waals surface area contributed by atoms with E-state index < -0.39 is 0 Å². The molecule has 1 aliphatic rings. The fourth-order valence-electron chi connectivity index (χ4n) is 3.41. The molecular weight excluding hydrogens is 346 g/mol. The third kappa shape index (κ3) is 3.48. The molecule has 0 atom stereocenters. The summed E-state index contributed by atoms with van der Waals surface area (Å²) in [5, 5.41) is 0. The first kappa shape index (κ1) is 17.8. The molecule has 0 spiro atoms. The number of fused-ring (bicyclic) bond motifs is 1. The number of anilines is 2. The predicted molar refractivity (Wildman–Crippen MR) is 113 cm³/mol. The number of esters is 1. The van der Waals surface area contributed by atoms with Crippen molar-refractivity contribution in [3.63, 3.8) is 0 Å². The summed E-state index contributed by atoms with van der Waals surface area (Å²) in [5.41, 5.74) is 9.22. The van der Waals surface area contributed by atoms with Gasteiger partial charge in [-0.2, -0.15) is 0 Å². The van der Waals surface area contributed by atoms with Crippen LogP contribution in [0.1, 0.15) is 28.4 Å². The normalized spacial score (nSPS) is 12.8. The summed E-state index contributed by atoms with van der Waals surface area (Å²) in [4.78, 5) is 14.4. The number of hydrogen-bond donors (Lipinski definition) is 0. The van der Waals surface area contributed by atoms with Crippen molar-refractivity contribution < 1.29 is 9.53 Å². The van der Waals surface area contributed by atoms with Crippen molar-refractivity contribution in [3.05, 3.63) is 107 Å². The van der Waals surface area contributed by atoms with Crippen molar-refractivity contribution >= 4 is 23.0 Å². The number of nitrogens with zero attached hydrogens (tertiary/aromatic N) is 1. The summed E-state index contributed by atoms with van der Waals surface area (Å²) < 4.78 is 5.19. The van der Waals surface area contributed by atoms with E-state index in [1.165, 1.54) is 5.56 Å². The lowest BCUT2D eigenvalue weighted by Gasteiger charge is -2.28. The average molecular weight is 367 g/mol. The second-order valence-electron chi connectivity index (χ2n) is 6.50. The summed E-state index contributed by atoms with van der Waals surface area (Å²) in [7, 11) is 0. The quantitative estimate of drug-likeness (QED) is 0.434. The molecule has 0 fully saturated rings. The molecule has 0 saturated carbocycles. The minimum Gasteiger partial charge on any atom is -0.462 e. The second-order valence-corrected chi connectivity index (χ2v) is 6.50. The molecule has 0 saturated heterocycles. The Labute approximate surface area is 165 Å². The van der Waals surface area contributed by atoms with Gasteiger partial charge in [0.05, 0.1) is 23.6 Å². The molecule has 0 radical (unpaired) electrons. The van der Waals surface area contributed by atoms with E-state index in [1.807, 2.05) is 55.5 Å². The molecule has 0 aliphatic carbocycles. The fraction of sp³-hybridized carbons (Fsp3) is 0.120. The van der Waals surface area contributed by atoms with Crippen LogP contribution in [0.25, 0.3) is 5.70 Å². The highest BCUT2D eigenvalue weighted by atomic mass is 16.5. The van der Waals surface area contributed by atoms with Crippen LogP contribution in [0.3, 0.4) is 0 Å². The fourth-order valence-corrected chi connectivity index (χ4v) is 3.41. The average Bonchev–Trinajstić information content (AvgIpc) is 2.94. The van der Waals surface area contributed by atoms with Crippen LogP contribution in [0.2, 0.25) is 0 Å². The van der Waals surface area contributed by atoms with Crippen LogP contribution in [-0.4, -0.2) is 12.6 Å². The van der Waals surface area contributed by atoms with E-state index in [0.29, 0.717) is 12.2 Å². The van der Waals surface area contributed by atoms with Gasteiger partial charge in [0.2, 0.25) is 0 Å². The largest absolute Gasteiger partial charge is 0.462 e.